The van der Waals surface area contributed by atoms with E-state index in [1.807, 2.05) is 24.3 Å². The van der Waals surface area contributed by atoms with Gasteiger partial charge < -0.3 is 19.5 Å². The number of aryl methyl sites for hydroxylation is 1. The van der Waals surface area contributed by atoms with E-state index in [0.29, 0.717) is 29.9 Å². The third kappa shape index (κ3) is 4.90. The van der Waals surface area contributed by atoms with Gasteiger partial charge in [-0.2, -0.15) is 0 Å². The van der Waals surface area contributed by atoms with Crippen molar-refractivity contribution in [3.8, 4) is 17.2 Å². The summed E-state index contributed by atoms with van der Waals surface area (Å²) < 4.78 is 17.1. The van der Waals surface area contributed by atoms with Gasteiger partial charge in [-0.25, -0.2) is 0 Å². The van der Waals surface area contributed by atoms with Gasteiger partial charge in [0.15, 0.2) is 11.5 Å². The fraction of sp³-hybridized carbons (Fsp3) is 0.300. The fourth-order valence-corrected chi connectivity index (χ4v) is 5.26. The number of ether oxygens (including phenoxy) is 3. The lowest BCUT2D eigenvalue weighted by atomic mass is 9.77. The molecule has 0 radical (unpaired) electrons. The van der Waals surface area contributed by atoms with Gasteiger partial charge >= 0.3 is 5.97 Å². The summed E-state index contributed by atoms with van der Waals surface area (Å²) in [6.45, 7) is 2.05. The summed E-state index contributed by atoms with van der Waals surface area (Å²) in [5, 5.41) is 3.80. The van der Waals surface area contributed by atoms with Crippen LogP contribution in [-0.4, -0.2) is 19.7 Å². The van der Waals surface area contributed by atoms with Gasteiger partial charge in [0.1, 0.15) is 5.75 Å². The summed E-state index contributed by atoms with van der Waals surface area (Å²) in [5.74, 6) is 2.22. The molecule has 5 heteroatoms. The van der Waals surface area contributed by atoms with E-state index in [1.165, 1.54) is 18.1 Å². The SMILES string of the molecule is COc1cc(C2Nc3c(OCCCc4ccccc4)cccc3C3C=CCC32)ccc1OC(C)=O. The van der Waals surface area contributed by atoms with Crippen LogP contribution in [0.3, 0.4) is 0 Å². The number of carbonyl (C=O) groups excluding carboxylic acids is 1. The Bertz CT molecular complexity index is 1220. The number of nitrogens with one attached hydrogen (secondary N) is 1. The molecule has 3 aromatic carbocycles. The minimum Gasteiger partial charge on any atom is -0.493 e. The van der Waals surface area contributed by atoms with Crippen molar-refractivity contribution in [1.82, 2.24) is 0 Å². The van der Waals surface area contributed by atoms with Crippen molar-refractivity contribution in [2.45, 2.75) is 38.1 Å². The van der Waals surface area contributed by atoms with E-state index in [9.17, 15) is 4.79 Å². The van der Waals surface area contributed by atoms with Crippen molar-refractivity contribution in [1.29, 1.82) is 0 Å². The zero-order valence-electron chi connectivity index (χ0n) is 20.2. The van der Waals surface area contributed by atoms with E-state index in [2.05, 4.69) is 59.9 Å². The number of hydrogen-bond acceptors (Lipinski definition) is 5. The van der Waals surface area contributed by atoms with Gasteiger partial charge in [0.2, 0.25) is 0 Å². The molecule has 5 rings (SSSR count). The Balaban J connectivity index is 1.38. The quantitative estimate of drug-likeness (QED) is 0.178. The second kappa shape index (κ2) is 10.3. The zero-order chi connectivity index (χ0) is 24.2. The first kappa shape index (κ1) is 23.0. The first-order chi connectivity index (χ1) is 17.1. The van der Waals surface area contributed by atoms with Crippen LogP contribution >= 0.6 is 0 Å². The number of benzene rings is 3. The Morgan fingerprint density at radius 3 is 2.66 bits per heavy atom. The highest BCUT2D eigenvalue weighted by molar-refractivity contribution is 5.71. The molecule has 0 bridgehead atoms. The molecule has 0 saturated carbocycles. The van der Waals surface area contributed by atoms with Gasteiger partial charge in [-0.3, -0.25) is 4.79 Å². The first-order valence-electron chi connectivity index (χ1n) is 12.2. The van der Waals surface area contributed by atoms with Crippen LogP contribution in [0.2, 0.25) is 0 Å². The topological polar surface area (TPSA) is 56.8 Å². The summed E-state index contributed by atoms with van der Waals surface area (Å²) in [7, 11) is 1.59. The number of anilines is 1. The maximum absolute atomic E-state index is 11.5. The molecule has 3 aromatic rings. The first-order valence-corrected chi connectivity index (χ1v) is 12.2. The lowest BCUT2D eigenvalue weighted by molar-refractivity contribution is -0.132. The van der Waals surface area contributed by atoms with E-state index in [4.69, 9.17) is 14.2 Å². The summed E-state index contributed by atoms with van der Waals surface area (Å²) in [5.41, 5.74) is 4.77. The zero-order valence-corrected chi connectivity index (χ0v) is 20.2. The average Bonchev–Trinajstić information content (AvgIpc) is 3.37. The van der Waals surface area contributed by atoms with Gasteiger partial charge in [-0.05, 0) is 60.1 Å². The average molecular weight is 470 g/mol. The Kier molecular flexibility index (Phi) is 6.75. The smallest absolute Gasteiger partial charge is 0.308 e. The minimum atomic E-state index is -0.366. The highest BCUT2D eigenvalue weighted by atomic mass is 16.6. The predicted octanol–water partition coefficient (Wildman–Crippen LogP) is 6.46. The second-order valence-electron chi connectivity index (χ2n) is 9.14. The highest BCUT2D eigenvalue weighted by Crippen LogP contribution is 2.52. The number of para-hydroxylation sites is 1. The molecular weight excluding hydrogens is 438 g/mol. The Labute approximate surface area is 206 Å². The Hall–Kier alpha value is -3.73. The molecule has 0 amide bonds. The van der Waals surface area contributed by atoms with E-state index < -0.39 is 0 Å². The fourth-order valence-electron chi connectivity index (χ4n) is 5.26. The lowest BCUT2D eigenvalue weighted by Gasteiger charge is -2.38. The maximum atomic E-state index is 11.5. The third-order valence-corrected chi connectivity index (χ3v) is 6.87. The molecule has 0 saturated heterocycles. The van der Waals surface area contributed by atoms with Crippen LogP contribution in [0, 0.1) is 5.92 Å². The Morgan fingerprint density at radius 1 is 1.00 bits per heavy atom. The van der Waals surface area contributed by atoms with Gasteiger partial charge in [0, 0.05) is 12.8 Å². The largest absolute Gasteiger partial charge is 0.493 e. The van der Waals surface area contributed by atoms with Crippen molar-refractivity contribution in [2.24, 2.45) is 5.92 Å². The number of fused-ring (bicyclic) bond motifs is 3. The third-order valence-electron chi connectivity index (χ3n) is 6.87. The molecule has 3 unspecified atom stereocenters. The molecule has 35 heavy (non-hydrogen) atoms. The molecule has 0 fully saturated rings. The van der Waals surface area contributed by atoms with Gasteiger partial charge in [-0.1, -0.05) is 60.7 Å². The number of methoxy groups -OCH3 is 1. The molecule has 0 aromatic heterocycles. The van der Waals surface area contributed by atoms with Crippen LogP contribution in [0.1, 0.15) is 48.4 Å². The molecular formula is C30H31NO4. The van der Waals surface area contributed by atoms with Crippen molar-refractivity contribution >= 4 is 11.7 Å². The van der Waals surface area contributed by atoms with Crippen molar-refractivity contribution < 1.29 is 19.0 Å². The Morgan fingerprint density at radius 2 is 1.86 bits per heavy atom. The number of hydrogen-bond donors (Lipinski definition) is 1. The minimum absolute atomic E-state index is 0.0804. The second-order valence-corrected chi connectivity index (χ2v) is 9.14. The van der Waals surface area contributed by atoms with E-state index in [1.54, 1.807) is 7.11 Å². The summed E-state index contributed by atoms with van der Waals surface area (Å²) in [6, 6.07) is 22.7. The molecule has 1 aliphatic heterocycles. The van der Waals surface area contributed by atoms with Crippen LogP contribution < -0.4 is 19.5 Å². The molecule has 0 spiro atoms. The monoisotopic (exact) mass is 469 g/mol. The summed E-state index contributed by atoms with van der Waals surface area (Å²) >= 11 is 0. The molecule has 2 aliphatic rings. The standard InChI is InChI=1S/C30H31NO4/c1-20(32)35-26-17-16-22(19-28(26)33-2)29-24-13-6-12-23(24)25-14-7-15-27(30(25)31-29)34-18-8-11-21-9-4-3-5-10-21/h3-7,9-10,12,14-17,19,23-24,29,31H,8,11,13,18H2,1-2H3. The maximum Gasteiger partial charge on any atom is 0.308 e. The van der Waals surface area contributed by atoms with Gasteiger partial charge in [-0.15, -0.1) is 0 Å². The summed E-state index contributed by atoms with van der Waals surface area (Å²) in [6.07, 6.45) is 7.54. The number of esters is 1. The predicted molar refractivity (Wildman–Crippen MR) is 137 cm³/mol. The highest BCUT2D eigenvalue weighted by Gasteiger charge is 2.39. The van der Waals surface area contributed by atoms with Crippen LogP contribution in [0.15, 0.2) is 78.9 Å². The molecule has 1 N–H and O–H groups in total. The molecule has 1 aliphatic carbocycles. The normalized spacial score (nSPS) is 19.9. The molecule has 180 valence electrons. The van der Waals surface area contributed by atoms with E-state index in [0.717, 1.165) is 36.3 Å². The number of rotatable bonds is 8. The van der Waals surface area contributed by atoms with Crippen LogP contribution in [-0.2, 0) is 11.2 Å². The van der Waals surface area contributed by atoms with Crippen molar-refractivity contribution in [2.75, 3.05) is 19.0 Å². The molecule has 3 atom stereocenters. The lowest BCUT2D eigenvalue weighted by Crippen LogP contribution is -2.29. The van der Waals surface area contributed by atoms with Crippen molar-refractivity contribution in [3.05, 3.63) is 95.6 Å². The van der Waals surface area contributed by atoms with Crippen LogP contribution in [0.5, 0.6) is 17.2 Å². The number of carbonyl (C=O) groups is 1. The van der Waals surface area contributed by atoms with Crippen LogP contribution in [0.25, 0.3) is 0 Å². The molecule has 1 heterocycles. The van der Waals surface area contributed by atoms with Gasteiger partial charge in [0.05, 0.1) is 25.4 Å². The van der Waals surface area contributed by atoms with E-state index >= 15 is 0 Å². The summed E-state index contributed by atoms with van der Waals surface area (Å²) in [4.78, 5) is 11.5. The van der Waals surface area contributed by atoms with Crippen LogP contribution in [0.4, 0.5) is 5.69 Å². The van der Waals surface area contributed by atoms with Crippen molar-refractivity contribution in [3.63, 3.8) is 0 Å². The molecule has 5 nitrogen and oxygen atoms in total. The van der Waals surface area contributed by atoms with Gasteiger partial charge in [0.25, 0.3) is 0 Å². The van der Waals surface area contributed by atoms with E-state index in [-0.39, 0.29) is 12.0 Å². The number of allylic oxidation sites excluding steroid dienone is 2.